The van der Waals surface area contributed by atoms with Crippen LogP contribution >= 0.6 is 11.8 Å². The van der Waals surface area contributed by atoms with Crippen LogP contribution in [0.3, 0.4) is 0 Å². The molecule has 2 aromatic carbocycles. The van der Waals surface area contributed by atoms with Crippen molar-refractivity contribution in [1.29, 1.82) is 0 Å². The molecule has 1 atom stereocenters. The monoisotopic (exact) mass is 412 g/mol. The molecule has 5 nitrogen and oxygen atoms in total. The van der Waals surface area contributed by atoms with E-state index in [4.69, 9.17) is 9.47 Å². The number of hydrogen-bond donors (Lipinski definition) is 1. The molecular formula is C19H19F3N2O3S. The largest absolute Gasteiger partial charge is 0.497 e. The summed E-state index contributed by atoms with van der Waals surface area (Å²) in [6.45, 7) is 0.468. The third-order valence-electron chi connectivity index (χ3n) is 4.30. The average Bonchev–Trinajstić information content (AvgIpc) is 3.16. The fraction of sp³-hybridized carbons (Fsp3) is 0.316. The van der Waals surface area contributed by atoms with Gasteiger partial charge in [0, 0.05) is 29.6 Å². The number of rotatable bonds is 4. The van der Waals surface area contributed by atoms with E-state index < -0.39 is 17.8 Å². The van der Waals surface area contributed by atoms with Gasteiger partial charge in [0.2, 0.25) is 0 Å². The van der Waals surface area contributed by atoms with Crippen LogP contribution < -0.4 is 14.8 Å². The summed E-state index contributed by atoms with van der Waals surface area (Å²) in [5, 5.41) is 2.25. The number of thioether (sulfide) groups is 1. The molecule has 1 fully saturated rings. The molecule has 150 valence electrons. The van der Waals surface area contributed by atoms with Gasteiger partial charge in [-0.25, -0.2) is 4.79 Å². The van der Waals surface area contributed by atoms with E-state index in [9.17, 15) is 18.0 Å². The molecule has 0 aromatic heterocycles. The van der Waals surface area contributed by atoms with Gasteiger partial charge in [-0.15, -0.1) is 11.8 Å². The predicted octanol–water partition coefficient (Wildman–Crippen LogP) is 5.00. The van der Waals surface area contributed by atoms with E-state index in [-0.39, 0.29) is 11.1 Å². The molecule has 0 saturated carbocycles. The van der Waals surface area contributed by atoms with Gasteiger partial charge in [0.15, 0.2) is 0 Å². The van der Waals surface area contributed by atoms with Crippen molar-refractivity contribution in [1.82, 2.24) is 4.90 Å². The molecule has 1 saturated heterocycles. The first-order valence-corrected chi connectivity index (χ1v) is 9.47. The van der Waals surface area contributed by atoms with E-state index >= 15 is 0 Å². The minimum Gasteiger partial charge on any atom is -0.497 e. The molecule has 0 radical (unpaired) electrons. The third kappa shape index (κ3) is 4.30. The van der Waals surface area contributed by atoms with Crippen LogP contribution in [0.4, 0.5) is 23.7 Å². The number of ether oxygens (including phenoxy) is 2. The lowest BCUT2D eigenvalue weighted by atomic mass is 10.1. The number of nitrogens with zero attached hydrogens (tertiary/aromatic N) is 1. The standard InChI is InChI=1S/C19H19F3N2O3S/c1-26-14-6-7-15(16(11-14)27-2)17-24(8-9-28-17)18(25)23-13-5-3-4-12(10-13)19(20,21)22/h3-7,10-11,17H,8-9H2,1-2H3,(H,23,25)/t17-/m1/s1. The van der Waals surface area contributed by atoms with Crippen LogP contribution in [0.25, 0.3) is 0 Å². The SMILES string of the molecule is COc1ccc([C@H]2SCCN2C(=O)Nc2cccc(C(F)(F)F)c2)c(OC)c1. The van der Waals surface area contributed by atoms with E-state index in [2.05, 4.69) is 5.32 Å². The summed E-state index contributed by atoms with van der Waals surface area (Å²) < 4.78 is 49.3. The zero-order valence-electron chi connectivity index (χ0n) is 15.2. The lowest BCUT2D eigenvalue weighted by molar-refractivity contribution is -0.137. The zero-order valence-corrected chi connectivity index (χ0v) is 16.1. The van der Waals surface area contributed by atoms with Gasteiger partial charge in [-0.3, -0.25) is 0 Å². The first-order valence-electron chi connectivity index (χ1n) is 8.42. The minimum atomic E-state index is -4.47. The van der Waals surface area contributed by atoms with E-state index in [0.29, 0.717) is 23.8 Å². The van der Waals surface area contributed by atoms with E-state index in [0.717, 1.165) is 17.7 Å². The Morgan fingerprint density at radius 1 is 1.18 bits per heavy atom. The number of methoxy groups -OCH3 is 2. The maximum Gasteiger partial charge on any atom is 0.416 e. The summed E-state index contributed by atoms with van der Waals surface area (Å²) in [6, 6.07) is 9.45. The van der Waals surface area contributed by atoms with E-state index in [1.165, 1.54) is 19.2 Å². The predicted molar refractivity (Wildman–Crippen MR) is 102 cm³/mol. The number of benzene rings is 2. The highest BCUT2D eigenvalue weighted by molar-refractivity contribution is 7.99. The van der Waals surface area contributed by atoms with E-state index in [1.54, 1.807) is 35.9 Å². The first-order chi connectivity index (χ1) is 13.3. The molecule has 2 amide bonds. The highest BCUT2D eigenvalue weighted by Crippen LogP contribution is 2.43. The van der Waals surface area contributed by atoms with Gasteiger partial charge in [-0.05, 0) is 30.3 Å². The number of carbonyl (C=O) groups excluding carboxylic acids is 1. The number of halogens is 3. The number of urea groups is 1. The second-order valence-electron chi connectivity index (χ2n) is 6.03. The summed E-state index contributed by atoms with van der Waals surface area (Å²) in [5.74, 6) is 1.91. The Morgan fingerprint density at radius 3 is 2.64 bits per heavy atom. The molecule has 1 heterocycles. The summed E-state index contributed by atoms with van der Waals surface area (Å²) in [6.07, 6.45) is -4.47. The van der Waals surface area contributed by atoms with Crippen molar-refractivity contribution in [2.75, 3.05) is 31.8 Å². The van der Waals surface area contributed by atoms with Crippen molar-refractivity contribution in [3.8, 4) is 11.5 Å². The molecule has 9 heteroatoms. The molecule has 2 aromatic rings. The Kier molecular flexibility index (Phi) is 5.93. The van der Waals surface area contributed by atoms with Crippen LogP contribution in [0.15, 0.2) is 42.5 Å². The van der Waals surface area contributed by atoms with E-state index in [1.807, 2.05) is 6.07 Å². The summed E-state index contributed by atoms with van der Waals surface area (Å²) in [4.78, 5) is 14.3. The number of nitrogens with one attached hydrogen (secondary N) is 1. The highest BCUT2D eigenvalue weighted by atomic mass is 32.2. The molecular weight excluding hydrogens is 393 g/mol. The molecule has 1 aliphatic heterocycles. The first kappa shape index (κ1) is 20.2. The van der Waals surface area contributed by atoms with Gasteiger partial charge in [-0.2, -0.15) is 13.2 Å². The Hall–Kier alpha value is -2.55. The van der Waals surface area contributed by atoms with Crippen molar-refractivity contribution >= 4 is 23.5 Å². The molecule has 0 aliphatic carbocycles. The van der Waals surface area contributed by atoms with Crippen LogP contribution in [-0.4, -0.2) is 37.4 Å². The lowest BCUT2D eigenvalue weighted by Crippen LogP contribution is -2.34. The molecule has 0 unspecified atom stereocenters. The van der Waals surface area contributed by atoms with Crippen molar-refractivity contribution in [2.24, 2.45) is 0 Å². The fourth-order valence-corrected chi connectivity index (χ4v) is 4.21. The molecule has 0 spiro atoms. The van der Waals surface area contributed by atoms with Crippen molar-refractivity contribution in [2.45, 2.75) is 11.6 Å². The van der Waals surface area contributed by atoms with Crippen molar-refractivity contribution in [3.63, 3.8) is 0 Å². The van der Waals surface area contributed by atoms with Gasteiger partial charge < -0.3 is 19.7 Å². The van der Waals surface area contributed by atoms with Gasteiger partial charge in [0.25, 0.3) is 0 Å². The Balaban J connectivity index is 1.81. The average molecular weight is 412 g/mol. The molecule has 1 aliphatic rings. The van der Waals surface area contributed by atoms with Gasteiger partial charge in [-0.1, -0.05) is 6.07 Å². The van der Waals surface area contributed by atoms with Gasteiger partial charge in [0.05, 0.1) is 19.8 Å². The van der Waals surface area contributed by atoms with Crippen molar-refractivity contribution in [3.05, 3.63) is 53.6 Å². The van der Waals surface area contributed by atoms with Crippen LogP contribution in [0.2, 0.25) is 0 Å². The Bertz CT molecular complexity index is 861. The third-order valence-corrected chi connectivity index (χ3v) is 5.54. The zero-order chi connectivity index (χ0) is 20.3. The lowest BCUT2D eigenvalue weighted by Gasteiger charge is -2.26. The maximum atomic E-state index is 12.9. The quantitative estimate of drug-likeness (QED) is 0.768. The number of carbonyl (C=O) groups is 1. The minimum absolute atomic E-state index is 0.0946. The second kappa shape index (κ2) is 8.22. The number of hydrogen-bond acceptors (Lipinski definition) is 4. The van der Waals surface area contributed by atoms with Gasteiger partial charge in [0.1, 0.15) is 16.9 Å². The van der Waals surface area contributed by atoms with Crippen LogP contribution in [0.5, 0.6) is 11.5 Å². The number of anilines is 1. The fourth-order valence-electron chi connectivity index (χ4n) is 2.93. The molecule has 28 heavy (non-hydrogen) atoms. The number of alkyl halides is 3. The summed E-state index contributed by atoms with van der Waals surface area (Å²) in [7, 11) is 3.08. The second-order valence-corrected chi connectivity index (χ2v) is 7.22. The maximum absolute atomic E-state index is 12.9. The number of amides is 2. The molecule has 0 bridgehead atoms. The van der Waals surface area contributed by atoms with Gasteiger partial charge >= 0.3 is 12.2 Å². The topological polar surface area (TPSA) is 50.8 Å². The van der Waals surface area contributed by atoms with Crippen LogP contribution in [-0.2, 0) is 6.18 Å². The normalized spacial score (nSPS) is 16.8. The summed E-state index contributed by atoms with van der Waals surface area (Å²) in [5.41, 5.74) is 0.0802. The summed E-state index contributed by atoms with van der Waals surface area (Å²) >= 11 is 1.56. The van der Waals surface area contributed by atoms with Crippen molar-refractivity contribution < 1.29 is 27.4 Å². The Morgan fingerprint density at radius 2 is 1.96 bits per heavy atom. The van der Waals surface area contributed by atoms with Crippen LogP contribution in [0.1, 0.15) is 16.5 Å². The Labute approximate surface area is 164 Å². The molecule has 3 rings (SSSR count). The highest BCUT2D eigenvalue weighted by Gasteiger charge is 2.34. The molecule has 1 N–H and O–H groups in total. The van der Waals surface area contributed by atoms with Crippen LogP contribution in [0, 0.1) is 0 Å². The smallest absolute Gasteiger partial charge is 0.416 e.